The van der Waals surface area contributed by atoms with Gasteiger partial charge >= 0.3 is 0 Å². The van der Waals surface area contributed by atoms with Gasteiger partial charge in [-0.3, -0.25) is 4.79 Å². The highest BCUT2D eigenvalue weighted by Gasteiger charge is 2.14. The summed E-state index contributed by atoms with van der Waals surface area (Å²) >= 11 is 3.46. The molecule has 3 rings (SSSR count). The minimum absolute atomic E-state index is 0.00881. The van der Waals surface area contributed by atoms with Crippen LogP contribution in [0.5, 0.6) is 5.75 Å². The van der Waals surface area contributed by atoms with E-state index in [1.165, 1.54) is 0 Å². The van der Waals surface area contributed by atoms with Gasteiger partial charge in [-0.2, -0.15) is 0 Å². The first-order valence-electron chi connectivity index (χ1n) is 6.55. The van der Waals surface area contributed by atoms with Crippen LogP contribution in [0.2, 0.25) is 0 Å². The van der Waals surface area contributed by atoms with E-state index in [4.69, 9.17) is 4.74 Å². The number of methoxy groups -OCH3 is 1. The Hall–Kier alpha value is -2.07. The molecule has 0 aliphatic heterocycles. The van der Waals surface area contributed by atoms with Crippen LogP contribution in [-0.4, -0.2) is 11.7 Å². The predicted molar refractivity (Wildman–Crippen MR) is 88.9 cm³/mol. The standard InChI is InChI=1S/C17H14BrNO2/c1-19-14-6-4-3-5-13(14)17(20)15(18)16(19)11-7-9-12(21-2)10-8-11/h3-10H,1-2H3. The Bertz CT molecular complexity index is 866. The number of aryl methyl sites for hydroxylation is 1. The average Bonchev–Trinajstić information content (AvgIpc) is 2.53. The van der Waals surface area contributed by atoms with Gasteiger partial charge in [-0.25, -0.2) is 0 Å². The van der Waals surface area contributed by atoms with E-state index in [-0.39, 0.29) is 5.43 Å². The molecular weight excluding hydrogens is 330 g/mol. The van der Waals surface area contributed by atoms with E-state index >= 15 is 0 Å². The zero-order valence-electron chi connectivity index (χ0n) is 11.8. The highest BCUT2D eigenvalue weighted by atomic mass is 79.9. The Morgan fingerprint density at radius 3 is 2.38 bits per heavy atom. The van der Waals surface area contributed by atoms with Gasteiger partial charge in [0.25, 0.3) is 0 Å². The van der Waals surface area contributed by atoms with E-state index in [0.29, 0.717) is 9.86 Å². The van der Waals surface area contributed by atoms with Crippen LogP contribution >= 0.6 is 15.9 Å². The molecule has 0 atom stereocenters. The van der Waals surface area contributed by atoms with Crippen molar-refractivity contribution in [3.05, 3.63) is 63.2 Å². The zero-order chi connectivity index (χ0) is 15.0. The van der Waals surface area contributed by atoms with Crippen LogP contribution in [0.4, 0.5) is 0 Å². The topological polar surface area (TPSA) is 31.2 Å². The van der Waals surface area contributed by atoms with E-state index in [0.717, 1.165) is 22.5 Å². The molecule has 0 saturated heterocycles. The fourth-order valence-corrected chi connectivity index (χ4v) is 3.23. The van der Waals surface area contributed by atoms with Crippen LogP contribution < -0.4 is 10.2 Å². The van der Waals surface area contributed by atoms with Crippen molar-refractivity contribution >= 4 is 26.8 Å². The lowest BCUT2D eigenvalue weighted by molar-refractivity contribution is 0.415. The number of pyridine rings is 1. The molecule has 0 aliphatic rings. The van der Waals surface area contributed by atoms with Crippen LogP contribution in [0, 0.1) is 0 Å². The molecule has 4 heteroatoms. The summed E-state index contributed by atoms with van der Waals surface area (Å²) in [6.07, 6.45) is 0. The summed E-state index contributed by atoms with van der Waals surface area (Å²) in [7, 11) is 3.60. The first kappa shape index (κ1) is 13.9. The minimum Gasteiger partial charge on any atom is -0.497 e. The molecule has 106 valence electrons. The summed E-state index contributed by atoms with van der Waals surface area (Å²) in [4.78, 5) is 12.5. The van der Waals surface area contributed by atoms with Crippen molar-refractivity contribution in [1.82, 2.24) is 4.57 Å². The van der Waals surface area contributed by atoms with E-state index in [1.807, 2.05) is 60.1 Å². The van der Waals surface area contributed by atoms with E-state index in [1.54, 1.807) is 7.11 Å². The molecule has 1 heterocycles. The molecule has 1 aromatic heterocycles. The third kappa shape index (κ3) is 2.25. The molecular formula is C17H14BrNO2. The number of fused-ring (bicyclic) bond motifs is 1. The number of aromatic nitrogens is 1. The SMILES string of the molecule is COc1ccc(-c2c(Br)c(=O)c3ccccc3n2C)cc1. The second kappa shape index (κ2) is 5.37. The highest BCUT2D eigenvalue weighted by molar-refractivity contribution is 9.10. The summed E-state index contributed by atoms with van der Waals surface area (Å²) < 4.78 is 7.79. The molecule has 0 saturated carbocycles. The smallest absolute Gasteiger partial charge is 0.204 e. The minimum atomic E-state index is 0.00881. The number of ether oxygens (including phenoxy) is 1. The Balaban J connectivity index is 2.34. The second-order valence-electron chi connectivity index (χ2n) is 4.80. The molecule has 0 N–H and O–H groups in total. The first-order valence-corrected chi connectivity index (χ1v) is 7.34. The van der Waals surface area contributed by atoms with Gasteiger partial charge in [0.2, 0.25) is 5.43 Å². The lowest BCUT2D eigenvalue weighted by atomic mass is 10.1. The molecule has 3 aromatic rings. The average molecular weight is 344 g/mol. The Labute approximate surface area is 130 Å². The van der Waals surface area contributed by atoms with Crippen molar-refractivity contribution in [2.45, 2.75) is 0 Å². The maximum atomic E-state index is 12.5. The number of rotatable bonds is 2. The quantitative estimate of drug-likeness (QED) is 0.704. The summed E-state index contributed by atoms with van der Waals surface area (Å²) in [5, 5.41) is 0.712. The lowest BCUT2D eigenvalue weighted by Crippen LogP contribution is -2.11. The van der Waals surface area contributed by atoms with Gasteiger partial charge in [0, 0.05) is 12.4 Å². The van der Waals surface area contributed by atoms with Crippen LogP contribution in [-0.2, 0) is 7.05 Å². The second-order valence-corrected chi connectivity index (χ2v) is 5.59. The zero-order valence-corrected chi connectivity index (χ0v) is 13.3. The van der Waals surface area contributed by atoms with Crippen LogP contribution in [0.1, 0.15) is 0 Å². The highest BCUT2D eigenvalue weighted by Crippen LogP contribution is 2.29. The summed E-state index contributed by atoms with van der Waals surface area (Å²) in [5.74, 6) is 0.792. The van der Waals surface area contributed by atoms with Crippen molar-refractivity contribution in [3.63, 3.8) is 0 Å². The van der Waals surface area contributed by atoms with Gasteiger partial charge in [-0.15, -0.1) is 0 Å². The largest absolute Gasteiger partial charge is 0.497 e. The Kier molecular flexibility index (Phi) is 3.55. The summed E-state index contributed by atoms with van der Waals surface area (Å²) in [6.45, 7) is 0. The maximum Gasteiger partial charge on any atom is 0.204 e. The monoisotopic (exact) mass is 343 g/mol. The third-order valence-electron chi connectivity index (χ3n) is 3.62. The van der Waals surface area contributed by atoms with Gasteiger partial charge in [0.05, 0.1) is 22.8 Å². The van der Waals surface area contributed by atoms with Crippen molar-refractivity contribution in [2.24, 2.45) is 7.05 Å². The van der Waals surface area contributed by atoms with Gasteiger partial charge in [-0.05, 0) is 57.9 Å². The molecule has 0 unspecified atom stereocenters. The van der Waals surface area contributed by atoms with Crippen molar-refractivity contribution in [3.8, 4) is 17.0 Å². The Morgan fingerprint density at radius 2 is 1.71 bits per heavy atom. The van der Waals surface area contributed by atoms with Crippen LogP contribution in [0.3, 0.4) is 0 Å². The van der Waals surface area contributed by atoms with Crippen molar-refractivity contribution in [1.29, 1.82) is 0 Å². The molecule has 0 amide bonds. The maximum absolute atomic E-state index is 12.5. The van der Waals surface area contributed by atoms with Gasteiger partial charge in [0.15, 0.2) is 0 Å². The number of benzene rings is 2. The number of hydrogen-bond donors (Lipinski definition) is 0. The molecule has 0 spiro atoms. The normalized spacial score (nSPS) is 10.8. The number of para-hydroxylation sites is 1. The molecule has 2 aromatic carbocycles. The fourth-order valence-electron chi connectivity index (χ4n) is 2.52. The summed E-state index contributed by atoms with van der Waals surface area (Å²) in [5.41, 5.74) is 2.75. The molecule has 0 bridgehead atoms. The van der Waals surface area contributed by atoms with Crippen LogP contribution in [0.15, 0.2) is 57.8 Å². The van der Waals surface area contributed by atoms with Crippen molar-refractivity contribution in [2.75, 3.05) is 7.11 Å². The predicted octanol–water partition coefficient (Wildman–Crippen LogP) is 3.98. The van der Waals surface area contributed by atoms with E-state index < -0.39 is 0 Å². The van der Waals surface area contributed by atoms with Crippen LogP contribution in [0.25, 0.3) is 22.2 Å². The van der Waals surface area contributed by atoms with Crippen molar-refractivity contribution < 1.29 is 4.74 Å². The van der Waals surface area contributed by atoms with Gasteiger partial charge in [-0.1, -0.05) is 12.1 Å². The molecule has 0 aliphatic carbocycles. The number of hydrogen-bond acceptors (Lipinski definition) is 2. The summed E-state index contributed by atoms with van der Waals surface area (Å²) in [6, 6.07) is 15.3. The molecule has 21 heavy (non-hydrogen) atoms. The number of nitrogens with zero attached hydrogens (tertiary/aromatic N) is 1. The third-order valence-corrected chi connectivity index (χ3v) is 4.35. The molecule has 3 nitrogen and oxygen atoms in total. The molecule has 0 radical (unpaired) electrons. The molecule has 0 fully saturated rings. The van der Waals surface area contributed by atoms with E-state index in [2.05, 4.69) is 15.9 Å². The number of halogens is 1. The lowest BCUT2D eigenvalue weighted by Gasteiger charge is -2.15. The fraction of sp³-hybridized carbons (Fsp3) is 0.118. The van der Waals surface area contributed by atoms with Gasteiger partial charge in [0.1, 0.15) is 5.75 Å². The van der Waals surface area contributed by atoms with Gasteiger partial charge < -0.3 is 9.30 Å². The van der Waals surface area contributed by atoms with E-state index in [9.17, 15) is 4.79 Å². The first-order chi connectivity index (χ1) is 10.1. The Morgan fingerprint density at radius 1 is 1.05 bits per heavy atom.